The van der Waals surface area contributed by atoms with Gasteiger partial charge in [0.05, 0.1) is 11.5 Å². The third-order valence-electron chi connectivity index (χ3n) is 4.72. The molecule has 2 fully saturated rings. The summed E-state index contributed by atoms with van der Waals surface area (Å²) in [6.45, 7) is 3.05. The standard InChI is InChI=1S/C17H16F4O2/c1-16(2)11(6-9-7-17(9,20)21)14(16)15(22)23-8-10-12(18)4-3-5-13(10)19/h3-6,11,14H,7-8H2,1-2H3. The molecular formula is C17H16F4O2. The van der Waals surface area contributed by atoms with Gasteiger partial charge < -0.3 is 4.74 Å². The van der Waals surface area contributed by atoms with Crippen molar-refractivity contribution < 1.29 is 27.1 Å². The minimum absolute atomic E-state index is 0.0472. The summed E-state index contributed by atoms with van der Waals surface area (Å²) in [5.74, 6) is -5.84. The molecule has 0 bridgehead atoms. The summed E-state index contributed by atoms with van der Waals surface area (Å²) in [6.07, 6.45) is 1.18. The fourth-order valence-electron chi connectivity index (χ4n) is 2.93. The number of halogens is 4. The number of hydrogen-bond donors (Lipinski definition) is 0. The average molecular weight is 328 g/mol. The Kier molecular flexibility index (Phi) is 3.54. The summed E-state index contributed by atoms with van der Waals surface area (Å²) in [4.78, 5) is 12.1. The lowest BCUT2D eigenvalue weighted by atomic mass is 10.1. The van der Waals surface area contributed by atoms with E-state index in [0.717, 1.165) is 12.1 Å². The molecule has 0 amide bonds. The van der Waals surface area contributed by atoms with Crippen LogP contribution < -0.4 is 0 Å². The van der Waals surface area contributed by atoms with Gasteiger partial charge in [-0.15, -0.1) is 0 Å². The van der Waals surface area contributed by atoms with E-state index in [4.69, 9.17) is 4.74 Å². The molecular weight excluding hydrogens is 312 g/mol. The van der Waals surface area contributed by atoms with E-state index in [1.807, 2.05) is 0 Å². The first-order chi connectivity index (χ1) is 10.6. The molecule has 0 N–H and O–H groups in total. The number of benzene rings is 1. The largest absolute Gasteiger partial charge is 0.460 e. The van der Waals surface area contributed by atoms with Crippen molar-refractivity contribution >= 4 is 5.97 Å². The van der Waals surface area contributed by atoms with Crippen LogP contribution in [-0.4, -0.2) is 11.9 Å². The fraction of sp³-hybridized carbons (Fsp3) is 0.471. The van der Waals surface area contributed by atoms with Crippen LogP contribution in [0.3, 0.4) is 0 Å². The Morgan fingerprint density at radius 3 is 2.39 bits per heavy atom. The zero-order chi connectivity index (χ0) is 17.0. The minimum Gasteiger partial charge on any atom is -0.460 e. The Bertz CT molecular complexity index is 674. The van der Waals surface area contributed by atoms with E-state index in [9.17, 15) is 22.4 Å². The molecule has 3 rings (SSSR count). The predicted molar refractivity (Wildman–Crippen MR) is 74.6 cm³/mol. The van der Waals surface area contributed by atoms with Gasteiger partial charge in [0.1, 0.15) is 18.2 Å². The number of rotatable bonds is 4. The maximum absolute atomic E-state index is 13.5. The van der Waals surface area contributed by atoms with Gasteiger partial charge in [-0.3, -0.25) is 4.79 Å². The molecule has 1 aromatic rings. The van der Waals surface area contributed by atoms with E-state index in [2.05, 4.69) is 0 Å². The summed E-state index contributed by atoms with van der Waals surface area (Å²) in [7, 11) is 0. The first kappa shape index (κ1) is 16.0. The zero-order valence-corrected chi connectivity index (χ0v) is 12.7. The number of esters is 1. The number of carbonyl (C=O) groups is 1. The number of carbonyl (C=O) groups excluding carboxylic acids is 1. The van der Waals surface area contributed by atoms with E-state index in [-0.39, 0.29) is 23.5 Å². The minimum atomic E-state index is -2.75. The highest BCUT2D eigenvalue weighted by Gasteiger charge is 2.63. The van der Waals surface area contributed by atoms with Crippen molar-refractivity contribution in [1.82, 2.24) is 0 Å². The third-order valence-corrected chi connectivity index (χ3v) is 4.72. The normalized spacial score (nSPS) is 28.5. The van der Waals surface area contributed by atoms with Gasteiger partial charge in [0, 0.05) is 12.0 Å². The van der Waals surface area contributed by atoms with Gasteiger partial charge in [-0.2, -0.15) is 0 Å². The van der Waals surface area contributed by atoms with Gasteiger partial charge in [-0.1, -0.05) is 26.0 Å². The van der Waals surface area contributed by atoms with Crippen LogP contribution in [0.4, 0.5) is 17.6 Å². The van der Waals surface area contributed by atoms with Gasteiger partial charge in [0.15, 0.2) is 0 Å². The Hall–Kier alpha value is -1.85. The molecule has 1 aromatic carbocycles. The molecule has 2 aliphatic rings. The van der Waals surface area contributed by atoms with E-state index < -0.39 is 41.5 Å². The topological polar surface area (TPSA) is 26.3 Å². The molecule has 0 radical (unpaired) electrons. The second-order valence-electron chi connectivity index (χ2n) is 6.71. The van der Waals surface area contributed by atoms with Gasteiger partial charge >= 0.3 is 5.97 Å². The van der Waals surface area contributed by atoms with Crippen LogP contribution in [0.2, 0.25) is 0 Å². The monoisotopic (exact) mass is 328 g/mol. The quantitative estimate of drug-likeness (QED) is 0.469. The highest BCUT2D eigenvalue weighted by Crippen LogP contribution is 2.62. The van der Waals surface area contributed by atoms with Crippen LogP contribution in [0.1, 0.15) is 25.8 Å². The molecule has 0 spiro atoms. The molecule has 23 heavy (non-hydrogen) atoms. The Morgan fingerprint density at radius 2 is 1.87 bits per heavy atom. The summed E-state index contributed by atoms with van der Waals surface area (Å²) >= 11 is 0. The highest BCUT2D eigenvalue weighted by molar-refractivity contribution is 5.78. The second kappa shape index (κ2) is 5.08. The highest BCUT2D eigenvalue weighted by atomic mass is 19.3. The molecule has 2 aliphatic carbocycles. The molecule has 2 atom stereocenters. The number of allylic oxidation sites excluding steroid dienone is 2. The van der Waals surface area contributed by atoms with Crippen LogP contribution in [0.5, 0.6) is 0 Å². The van der Waals surface area contributed by atoms with E-state index in [1.165, 1.54) is 12.1 Å². The summed E-state index contributed by atoms with van der Waals surface area (Å²) < 4.78 is 57.9. The van der Waals surface area contributed by atoms with Crippen molar-refractivity contribution in [3.05, 3.63) is 47.0 Å². The first-order valence-corrected chi connectivity index (χ1v) is 7.33. The molecule has 6 heteroatoms. The van der Waals surface area contributed by atoms with Crippen LogP contribution in [0.15, 0.2) is 29.8 Å². The van der Waals surface area contributed by atoms with Crippen LogP contribution in [-0.2, 0) is 16.1 Å². The maximum atomic E-state index is 13.5. The van der Waals surface area contributed by atoms with Crippen molar-refractivity contribution in [2.45, 2.75) is 32.8 Å². The lowest BCUT2D eigenvalue weighted by molar-refractivity contribution is -0.147. The summed E-state index contributed by atoms with van der Waals surface area (Å²) in [5.41, 5.74) is -0.759. The summed E-state index contributed by atoms with van der Waals surface area (Å²) in [5, 5.41) is 0. The van der Waals surface area contributed by atoms with E-state index in [1.54, 1.807) is 13.8 Å². The zero-order valence-electron chi connectivity index (χ0n) is 12.7. The number of hydrogen-bond acceptors (Lipinski definition) is 2. The molecule has 0 saturated heterocycles. The number of ether oxygens (including phenoxy) is 1. The Balaban J connectivity index is 1.64. The lowest BCUT2D eigenvalue weighted by Crippen LogP contribution is -2.12. The van der Waals surface area contributed by atoms with Gasteiger partial charge in [-0.05, 0) is 23.5 Å². The van der Waals surface area contributed by atoms with Crippen LogP contribution >= 0.6 is 0 Å². The van der Waals surface area contributed by atoms with Gasteiger partial charge in [0.25, 0.3) is 5.92 Å². The van der Waals surface area contributed by atoms with Crippen LogP contribution in [0, 0.1) is 28.9 Å². The summed E-state index contributed by atoms with van der Waals surface area (Å²) in [6, 6.07) is 3.38. The molecule has 0 aromatic heterocycles. The molecule has 0 aliphatic heterocycles. The lowest BCUT2D eigenvalue weighted by Gasteiger charge is -2.07. The smallest absolute Gasteiger partial charge is 0.310 e. The number of alkyl halides is 2. The molecule has 2 saturated carbocycles. The van der Waals surface area contributed by atoms with Crippen LogP contribution in [0.25, 0.3) is 0 Å². The van der Waals surface area contributed by atoms with Crippen molar-refractivity contribution in [2.24, 2.45) is 17.3 Å². The SMILES string of the molecule is CC1(C)C(C=C2CC2(F)F)C1C(=O)OCc1c(F)cccc1F. The second-order valence-corrected chi connectivity index (χ2v) is 6.71. The molecule has 2 unspecified atom stereocenters. The predicted octanol–water partition coefficient (Wildman–Crippen LogP) is 4.25. The molecule has 124 valence electrons. The fourth-order valence-corrected chi connectivity index (χ4v) is 2.93. The van der Waals surface area contributed by atoms with E-state index >= 15 is 0 Å². The van der Waals surface area contributed by atoms with Crippen molar-refractivity contribution in [2.75, 3.05) is 0 Å². The Labute approximate surface area is 131 Å². The van der Waals surface area contributed by atoms with E-state index in [0.29, 0.717) is 0 Å². The van der Waals surface area contributed by atoms with Gasteiger partial charge in [-0.25, -0.2) is 17.6 Å². The molecule has 0 heterocycles. The molecule has 2 nitrogen and oxygen atoms in total. The van der Waals surface area contributed by atoms with Gasteiger partial charge in [0.2, 0.25) is 0 Å². The van der Waals surface area contributed by atoms with Crippen molar-refractivity contribution in [3.8, 4) is 0 Å². The van der Waals surface area contributed by atoms with Crippen molar-refractivity contribution in [1.29, 1.82) is 0 Å². The third kappa shape index (κ3) is 2.86. The van der Waals surface area contributed by atoms with Crippen molar-refractivity contribution in [3.63, 3.8) is 0 Å². The first-order valence-electron chi connectivity index (χ1n) is 7.33. The maximum Gasteiger partial charge on any atom is 0.310 e. The Morgan fingerprint density at radius 1 is 1.30 bits per heavy atom. The average Bonchev–Trinajstić information content (AvgIpc) is 3.22.